The van der Waals surface area contributed by atoms with Crippen LogP contribution in [0.4, 0.5) is 0 Å². The molecule has 136 valence electrons. The second kappa shape index (κ2) is 6.43. The molecule has 0 spiro atoms. The summed E-state index contributed by atoms with van der Waals surface area (Å²) in [7, 11) is 0. The number of hydrazone groups is 1. The van der Waals surface area contributed by atoms with Crippen LogP contribution in [0, 0.1) is 6.92 Å². The molecule has 0 saturated carbocycles. The van der Waals surface area contributed by atoms with E-state index >= 15 is 0 Å². The van der Waals surface area contributed by atoms with Crippen LogP contribution in [-0.4, -0.2) is 10.7 Å². The number of fused-ring (bicyclic) bond motifs is 3. The van der Waals surface area contributed by atoms with Crippen molar-refractivity contribution in [2.45, 2.75) is 25.6 Å². The van der Waals surface area contributed by atoms with Crippen molar-refractivity contribution in [2.75, 3.05) is 0 Å². The van der Waals surface area contributed by atoms with Crippen LogP contribution >= 0.6 is 27.5 Å². The molecule has 0 unspecified atom stereocenters. The van der Waals surface area contributed by atoms with Crippen LogP contribution in [0.2, 0.25) is 5.02 Å². The van der Waals surface area contributed by atoms with E-state index in [0.29, 0.717) is 5.02 Å². The van der Waals surface area contributed by atoms with E-state index in [1.54, 1.807) is 0 Å². The van der Waals surface area contributed by atoms with Gasteiger partial charge < -0.3 is 9.15 Å². The maximum Gasteiger partial charge on any atom is 0.213 e. The lowest BCUT2D eigenvalue weighted by molar-refractivity contribution is -0.0190. The van der Waals surface area contributed by atoms with E-state index in [1.807, 2.05) is 60.5 Å². The number of aryl methyl sites for hydroxylation is 1. The van der Waals surface area contributed by atoms with Crippen molar-refractivity contribution in [2.24, 2.45) is 5.10 Å². The van der Waals surface area contributed by atoms with Crippen LogP contribution in [0.5, 0.6) is 5.75 Å². The molecule has 2 atom stereocenters. The van der Waals surface area contributed by atoms with Gasteiger partial charge in [0.1, 0.15) is 23.0 Å². The van der Waals surface area contributed by atoms with Crippen molar-refractivity contribution in [1.82, 2.24) is 5.01 Å². The zero-order valence-electron chi connectivity index (χ0n) is 14.5. The molecule has 3 aromatic rings. The highest BCUT2D eigenvalue weighted by Crippen LogP contribution is 2.48. The first-order valence-corrected chi connectivity index (χ1v) is 9.90. The first kappa shape index (κ1) is 16.9. The molecule has 0 radical (unpaired) electrons. The van der Waals surface area contributed by atoms with Crippen LogP contribution in [0.3, 0.4) is 0 Å². The van der Waals surface area contributed by atoms with Gasteiger partial charge in [-0.25, -0.2) is 5.01 Å². The van der Waals surface area contributed by atoms with E-state index in [0.717, 1.165) is 45.0 Å². The summed E-state index contributed by atoms with van der Waals surface area (Å²) in [4.78, 5) is 0. The van der Waals surface area contributed by atoms with Gasteiger partial charge in [0.15, 0.2) is 0 Å². The van der Waals surface area contributed by atoms with Gasteiger partial charge in [-0.3, -0.25) is 0 Å². The molecule has 0 aliphatic carbocycles. The van der Waals surface area contributed by atoms with Crippen LogP contribution < -0.4 is 4.74 Å². The van der Waals surface area contributed by atoms with E-state index in [1.165, 1.54) is 0 Å². The molecule has 27 heavy (non-hydrogen) atoms. The van der Waals surface area contributed by atoms with E-state index in [4.69, 9.17) is 25.9 Å². The molecule has 0 bridgehead atoms. The lowest BCUT2D eigenvalue weighted by Crippen LogP contribution is -2.33. The first-order chi connectivity index (χ1) is 13.1. The Morgan fingerprint density at radius 2 is 2.04 bits per heavy atom. The molecule has 1 aromatic heterocycles. The average Bonchev–Trinajstić information content (AvgIpc) is 3.27. The summed E-state index contributed by atoms with van der Waals surface area (Å²) in [6.07, 6.45) is 0.424. The molecule has 0 amide bonds. The van der Waals surface area contributed by atoms with Gasteiger partial charge in [-0.2, -0.15) is 5.10 Å². The SMILES string of the molecule is Cc1ccc(C2=NN3[C@H](C2)c2cc(Br)ccc2O[C@@H]3c2cccc(Cl)c2)o1. The summed E-state index contributed by atoms with van der Waals surface area (Å²) >= 11 is 9.80. The minimum atomic E-state index is -0.337. The van der Waals surface area contributed by atoms with E-state index in [9.17, 15) is 0 Å². The maximum atomic E-state index is 6.34. The minimum absolute atomic E-state index is 0.0793. The quantitative estimate of drug-likeness (QED) is 0.470. The molecular weight excluding hydrogens is 428 g/mol. The van der Waals surface area contributed by atoms with Gasteiger partial charge in [0.05, 0.1) is 6.04 Å². The highest BCUT2D eigenvalue weighted by molar-refractivity contribution is 9.10. The zero-order chi connectivity index (χ0) is 18.5. The fraction of sp³-hybridized carbons (Fsp3) is 0.190. The molecule has 2 aliphatic heterocycles. The summed E-state index contributed by atoms with van der Waals surface area (Å²) in [6, 6.07) is 17.9. The highest BCUT2D eigenvalue weighted by Gasteiger charge is 2.41. The Morgan fingerprint density at radius 3 is 2.81 bits per heavy atom. The van der Waals surface area contributed by atoms with E-state index in [-0.39, 0.29) is 12.3 Å². The summed E-state index contributed by atoms with van der Waals surface area (Å²) in [5.74, 6) is 2.56. The second-order valence-corrected chi connectivity index (χ2v) is 8.12. The van der Waals surface area contributed by atoms with Crippen molar-refractivity contribution in [3.8, 4) is 5.75 Å². The van der Waals surface area contributed by atoms with Crippen molar-refractivity contribution in [3.05, 3.63) is 86.7 Å². The second-order valence-electron chi connectivity index (χ2n) is 6.76. The summed E-state index contributed by atoms with van der Waals surface area (Å²) < 4.78 is 13.2. The van der Waals surface area contributed by atoms with Gasteiger partial charge in [-0.05, 0) is 49.4 Å². The molecule has 6 heteroatoms. The molecule has 0 fully saturated rings. The smallest absolute Gasteiger partial charge is 0.213 e. The molecular formula is C21H16BrClN2O2. The van der Waals surface area contributed by atoms with Crippen molar-refractivity contribution < 1.29 is 9.15 Å². The molecule has 0 saturated heterocycles. The normalized spacial score (nSPS) is 20.7. The van der Waals surface area contributed by atoms with Gasteiger partial charge in [0.25, 0.3) is 0 Å². The summed E-state index contributed by atoms with van der Waals surface area (Å²) in [5, 5.41) is 7.58. The van der Waals surface area contributed by atoms with Crippen LogP contribution in [0.25, 0.3) is 0 Å². The van der Waals surface area contributed by atoms with Gasteiger partial charge in [-0.1, -0.05) is 39.7 Å². The number of benzene rings is 2. The van der Waals surface area contributed by atoms with Gasteiger partial charge in [0.2, 0.25) is 6.23 Å². The molecule has 5 rings (SSSR count). The van der Waals surface area contributed by atoms with Gasteiger partial charge >= 0.3 is 0 Å². The molecule has 2 aromatic carbocycles. The molecule has 4 nitrogen and oxygen atoms in total. The Labute approximate surface area is 170 Å². The minimum Gasteiger partial charge on any atom is -0.464 e. The summed E-state index contributed by atoms with van der Waals surface area (Å²) in [5.41, 5.74) is 3.02. The number of furan rings is 1. The highest BCUT2D eigenvalue weighted by atomic mass is 79.9. The largest absolute Gasteiger partial charge is 0.464 e. The topological polar surface area (TPSA) is 38.0 Å². The fourth-order valence-corrected chi connectivity index (χ4v) is 4.25. The molecule has 3 heterocycles. The lowest BCUT2D eigenvalue weighted by atomic mass is 9.97. The number of hydrogen-bond acceptors (Lipinski definition) is 4. The molecule has 0 N–H and O–H groups in total. The zero-order valence-corrected chi connectivity index (χ0v) is 16.9. The van der Waals surface area contributed by atoms with E-state index in [2.05, 4.69) is 22.0 Å². The van der Waals surface area contributed by atoms with Crippen LogP contribution in [0.15, 0.2) is 68.6 Å². The number of ether oxygens (including phenoxy) is 1. The van der Waals surface area contributed by atoms with Crippen LogP contribution in [0.1, 0.15) is 41.3 Å². The Kier molecular flexibility index (Phi) is 4.02. The third-order valence-electron chi connectivity index (χ3n) is 4.91. The Balaban J connectivity index is 1.62. The number of nitrogens with zero attached hydrogens (tertiary/aromatic N) is 2. The van der Waals surface area contributed by atoms with Crippen LogP contribution in [-0.2, 0) is 0 Å². The predicted molar refractivity (Wildman–Crippen MR) is 108 cm³/mol. The number of halogens is 2. The third-order valence-corrected chi connectivity index (χ3v) is 5.64. The number of hydrogen-bond donors (Lipinski definition) is 0. The van der Waals surface area contributed by atoms with Gasteiger partial charge in [-0.15, -0.1) is 0 Å². The number of rotatable bonds is 2. The van der Waals surface area contributed by atoms with Crippen molar-refractivity contribution in [1.29, 1.82) is 0 Å². The Morgan fingerprint density at radius 1 is 1.15 bits per heavy atom. The van der Waals surface area contributed by atoms with Gasteiger partial charge in [0, 0.05) is 27.0 Å². The standard InChI is InChI=1S/C21H16BrClN2O2/c1-12-5-7-20(26-12)17-11-18-16-10-14(22)6-8-19(16)27-21(25(18)24-17)13-3-2-4-15(23)9-13/h2-10,18,21H,11H2,1H3/t18-,21-/m1/s1. The summed E-state index contributed by atoms with van der Waals surface area (Å²) in [6.45, 7) is 1.94. The Hall–Kier alpha value is -2.24. The maximum absolute atomic E-state index is 6.34. The predicted octanol–water partition coefficient (Wildman–Crippen LogP) is 6.25. The fourth-order valence-electron chi connectivity index (χ4n) is 3.68. The lowest BCUT2D eigenvalue weighted by Gasteiger charge is -2.38. The van der Waals surface area contributed by atoms with Crippen molar-refractivity contribution >= 4 is 33.2 Å². The van der Waals surface area contributed by atoms with Crippen molar-refractivity contribution in [3.63, 3.8) is 0 Å². The molecule has 2 aliphatic rings. The average molecular weight is 444 g/mol. The monoisotopic (exact) mass is 442 g/mol. The third kappa shape index (κ3) is 2.95. The Bertz CT molecular complexity index is 1060. The first-order valence-electron chi connectivity index (χ1n) is 8.73. The van der Waals surface area contributed by atoms with E-state index < -0.39 is 0 Å².